The van der Waals surface area contributed by atoms with Crippen LogP contribution in [0, 0.1) is 0 Å². The highest BCUT2D eigenvalue weighted by Gasteiger charge is 2.20. The molecule has 0 fully saturated rings. The first-order chi connectivity index (χ1) is 12.0. The van der Waals surface area contributed by atoms with Crippen LogP contribution in [-0.4, -0.2) is 29.7 Å². The molecule has 0 bridgehead atoms. The van der Waals surface area contributed by atoms with Crippen LogP contribution in [-0.2, 0) is 26.5 Å². The quantitative estimate of drug-likeness (QED) is 0.688. The number of primary sulfonamides is 1. The highest BCUT2D eigenvalue weighted by atomic mass is 35.5. The molecule has 0 aliphatic heterocycles. The fraction of sp³-hybridized carbons (Fsp3) is 0.200. The Balaban J connectivity index is 2.24. The van der Waals surface area contributed by atoms with Crippen molar-refractivity contribution in [3.05, 3.63) is 52.0 Å². The zero-order chi connectivity index (χ0) is 19.5. The Morgan fingerprint density at radius 3 is 2.27 bits per heavy atom. The number of sulfonamides is 2. The number of rotatable bonds is 7. The fourth-order valence-corrected chi connectivity index (χ4v) is 4.39. The second-order valence-electron chi connectivity index (χ2n) is 5.31. The Labute approximate surface area is 162 Å². The summed E-state index contributed by atoms with van der Waals surface area (Å²) in [6, 6.07) is 8.48. The molecule has 0 unspecified atom stereocenters. The molecule has 0 amide bonds. The van der Waals surface area contributed by atoms with Gasteiger partial charge in [0, 0.05) is 10.0 Å². The van der Waals surface area contributed by atoms with Gasteiger partial charge in [-0.2, -0.15) is 0 Å². The van der Waals surface area contributed by atoms with E-state index in [1.165, 1.54) is 19.2 Å². The van der Waals surface area contributed by atoms with Gasteiger partial charge in [0.15, 0.2) is 0 Å². The number of halogens is 2. The summed E-state index contributed by atoms with van der Waals surface area (Å²) in [6.07, 6.45) is 0.126. The maximum absolute atomic E-state index is 12.4. The van der Waals surface area contributed by atoms with Crippen LogP contribution in [0.3, 0.4) is 0 Å². The smallest absolute Gasteiger partial charge is 0.240 e. The van der Waals surface area contributed by atoms with E-state index in [2.05, 4.69) is 4.72 Å². The van der Waals surface area contributed by atoms with Gasteiger partial charge >= 0.3 is 0 Å². The van der Waals surface area contributed by atoms with Crippen LogP contribution in [0.1, 0.15) is 5.56 Å². The van der Waals surface area contributed by atoms with Crippen molar-refractivity contribution < 1.29 is 21.6 Å². The highest BCUT2D eigenvalue weighted by Crippen LogP contribution is 2.27. The number of hydrogen-bond donors (Lipinski definition) is 2. The van der Waals surface area contributed by atoms with E-state index in [1.54, 1.807) is 18.2 Å². The average molecular weight is 439 g/mol. The van der Waals surface area contributed by atoms with Crippen LogP contribution in [0.25, 0.3) is 0 Å². The summed E-state index contributed by atoms with van der Waals surface area (Å²) in [6.45, 7) is 0. The van der Waals surface area contributed by atoms with Crippen molar-refractivity contribution in [1.29, 1.82) is 0 Å². The van der Waals surface area contributed by atoms with E-state index < -0.39 is 20.0 Å². The number of benzene rings is 2. The first kappa shape index (κ1) is 20.8. The lowest BCUT2D eigenvalue weighted by Gasteiger charge is -2.13. The van der Waals surface area contributed by atoms with Crippen LogP contribution < -0.4 is 14.6 Å². The SMILES string of the molecule is COc1cc(Cl)ccc1CCS(=O)(=O)Nc1cc(Cl)ccc1S(N)(=O)=O. The van der Waals surface area contributed by atoms with Gasteiger partial charge in [-0.3, -0.25) is 4.72 Å². The second kappa shape index (κ2) is 8.01. The molecule has 0 aromatic heterocycles. The molecule has 7 nitrogen and oxygen atoms in total. The van der Waals surface area contributed by atoms with Crippen molar-refractivity contribution in [3.63, 3.8) is 0 Å². The monoisotopic (exact) mass is 438 g/mol. The van der Waals surface area contributed by atoms with Gasteiger partial charge in [0.1, 0.15) is 10.6 Å². The van der Waals surface area contributed by atoms with Gasteiger partial charge in [-0.25, -0.2) is 22.0 Å². The van der Waals surface area contributed by atoms with Crippen LogP contribution in [0.4, 0.5) is 5.69 Å². The summed E-state index contributed by atoms with van der Waals surface area (Å²) in [5, 5.41) is 5.73. The number of nitrogens with one attached hydrogen (secondary N) is 1. The molecule has 142 valence electrons. The molecular formula is C15H16Cl2N2O5S2. The van der Waals surface area contributed by atoms with Gasteiger partial charge in [-0.15, -0.1) is 0 Å². The summed E-state index contributed by atoms with van der Waals surface area (Å²) in [7, 11) is -6.56. The fourth-order valence-electron chi connectivity index (χ4n) is 2.22. The van der Waals surface area contributed by atoms with Crippen LogP contribution in [0.5, 0.6) is 5.75 Å². The lowest BCUT2D eigenvalue weighted by Crippen LogP contribution is -2.21. The summed E-state index contributed by atoms with van der Waals surface area (Å²) in [5.74, 6) is 0.141. The minimum absolute atomic E-state index is 0.126. The predicted octanol–water partition coefficient (Wildman–Crippen LogP) is 2.63. The third-order valence-electron chi connectivity index (χ3n) is 3.40. The van der Waals surface area contributed by atoms with E-state index in [-0.39, 0.29) is 27.8 Å². The minimum Gasteiger partial charge on any atom is -0.496 e. The Kier molecular flexibility index (Phi) is 6.41. The van der Waals surface area contributed by atoms with Crippen molar-refractivity contribution in [2.75, 3.05) is 17.6 Å². The minimum atomic E-state index is -4.13. The first-order valence-corrected chi connectivity index (χ1v) is 11.1. The Morgan fingerprint density at radius 2 is 1.65 bits per heavy atom. The molecule has 2 rings (SSSR count). The van der Waals surface area contributed by atoms with Gasteiger partial charge in [0.25, 0.3) is 0 Å². The van der Waals surface area contributed by atoms with E-state index in [4.69, 9.17) is 33.1 Å². The number of methoxy groups -OCH3 is 1. The third kappa shape index (κ3) is 5.49. The topological polar surface area (TPSA) is 116 Å². The van der Waals surface area contributed by atoms with Crippen molar-refractivity contribution >= 4 is 48.9 Å². The number of anilines is 1. The lowest BCUT2D eigenvalue weighted by molar-refractivity contribution is 0.410. The Bertz CT molecular complexity index is 1020. The molecule has 0 spiro atoms. The third-order valence-corrected chi connectivity index (χ3v) is 6.11. The molecule has 26 heavy (non-hydrogen) atoms. The van der Waals surface area contributed by atoms with E-state index in [1.807, 2.05) is 0 Å². The molecule has 0 aliphatic rings. The Hall–Kier alpha value is -1.52. The van der Waals surface area contributed by atoms with Gasteiger partial charge in [-0.1, -0.05) is 29.3 Å². The summed E-state index contributed by atoms with van der Waals surface area (Å²) in [5.41, 5.74) is 0.433. The predicted molar refractivity (Wildman–Crippen MR) is 102 cm³/mol. The van der Waals surface area contributed by atoms with Crippen LogP contribution in [0.15, 0.2) is 41.3 Å². The normalized spacial score (nSPS) is 12.0. The maximum Gasteiger partial charge on any atom is 0.240 e. The van der Waals surface area contributed by atoms with E-state index in [9.17, 15) is 16.8 Å². The Morgan fingerprint density at radius 1 is 1.04 bits per heavy atom. The second-order valence-corrected chi connectivity index (χ2v) is 9.56. The number of hydrogen-bond acceptors (Lipinski definition) is 5. The van der Waals surface area contributed by atoms with Gasteiger partial charge in [0.05, 0.1) is 18.6 Å². The van der Waals surface area contributed by atoms with Crippen LogP contribution >= 0.6 is 23.2 Å². The zero-order valence-corrected chi connectivity index (χ0v) is 16.7. The van der Waals surface area contributed by atoms with E-state index >= 15 is 0 Å². The summed E-state index contributed by atoms with van der Waals surface area (Å²) < 4.78 is 55.4. The van der Waals surface area contributed by atoms with Crippen molar-refractivity contribution in [2.24, 2.45) is 5.14 Å². The van der Waals surface area contributed by atoms with E-state index in [0.717, 1.165) is 6.07 Å². The molecular weight excluding hydrogens is 423 g/mol. The highest BCUT2D eigenvalue weighted by molar-refractivity contribution is 7.93. The van der Waals surface area contributed by atoms with Crippen molar-refractivity contribution in [2.45, 2.75) is 11.3 Å². The lowest BCUT2D eigenvalue weighted by atomic mass is 10.1. The van der Waals surface area contributed by atoms with Gasteiger partial charge in [0.2, 0.25) is 20.0 Å². The average Bonchev–Trinajstić information content (AvgIpc) is 2.52. The van der Waals surface area contributed by atoms with Gasteiger partial charge < -0.3 is 4.74 Å². The first-order valence-electron chi connectivity index (χ1n) is 7.17. The van der Waals surface area contributed by atoms with Crippen LogP contribution in [0.2, 0.25) is 10.0 Å². The number of ether oxygens (including phenoxy) is 1. The molecule has 0 saturated heterocycles. The standard InChI is InChI=1S/C15H16Cl2N2O5S2/c1-24-14-9-12(17)3-2-10(14)6-7-25(20,21)19-13-8-11(16)4-5-15(13)26(18,22)23/h2-5,8-9,19H,6-7H2,1H3,(H2,18,22,23). The largest absolute Gasteiger partial charge is 0.496 e. The molecule has 0 atom stereocenters. The molecule has 2 aromatic rings. The van der Waals surface area contributed by atoms with E-state index in [0.29, 0.717) is 16.3 Å². The van der Waals surface area contributed by atoms with Crippen molar-refractivity contribution in [3.8, 4) is 5.75 Å². The molecule has 3 N–H and O–H groups in total. The zero-order valence-electron chi connectivity index (χ0n) is 13.6. The number of aryl methyl sites for hydroxylation is 1. The molecule has 0 saturated carbocycles. The van der Waals surface area contributed by atoms with Crippen molar-refractivity contribution in [1.82, 2.24) is 0 Å². The summed E-state index contributed by atoms with van der Waals surface area (Å²) >= 11 is 11.7. The van der Waals surface area contributed by atoms with Gasteiger partial charge in [-0.05, 0) is 42.3 Å². The molecule has 0 heterocycles. The summed E-state index contributed by atoms with van der Waals surface area (Å²) in [4.78, 5) is -0.366. The molecule has 0 radical (unpaired) electrons. The maximum atomic E-state index is 12.4. The molecule has 0 aliphatic carbocycles. The molecule has 11 heteroatoms. The molecule has 2 aromatic carbocycles. The number of nitrogens with two attached hydrogens (primary N) is 1.